The topological polar surface area (TPSA) is 50.1 Å². The summed E-state index contributed by atoms with van der Waals surface area (Å²) in [5.74, 6) is 4.61. The molecule has 0 spiro atoms. The van der Waals surface area contributed by atoms with Gasteiger partial charge in [0.25, 0.3) is 0 Å². The SMILES string of the molecule is Cc1ccc(C#CC(=O)OCc2cccc(C#N)c2)cc1. The van der Waals surface area contributed by atoms with E-state index in [0.717, 1.165) is 16.7 Å². The van der Waals surface area contributed by atoms with Gasteiger partial charge in [0.1, 0.15) is 6.61 Å². The second kappa shape index (κ2) is 6.93. The van der Waals surface area contributed by atoms with Crippen molar-refractivity contribution >= 4 is 5.97 Å². The number of nitriles is 1. The maximum atomic E-state index is 11.6. The Kier molecular flexibility index (Phi) is 4.75. The van der Waals surface area contributed by atoms with Gasteiger partial charge in [-0.15, -0.1) is 0 Å². The number of esters is 1. The fourth-order valence-corrected chi connectivity index (χ4v) is 1.68. The van der Waals surface area contributed by atoms with E-state index < -0.39 is 5.97 Å². The lowest BCUT2D eigenvalue weighted by Crippen LogP contribution is -2.01. The van der Waals surface area contributed by atoms with Gasteiger partial charge in [0.2, 0.25) is 0 Å². The molecule has 2 rings (SSSR count). The van der Waals surface area contributed by atoms with Crippen LogP contribution in [0.3, 0.4) is 0 Å². The minimum Gasteiger partial charge on any atom is -0.451 e. The highest BCUT2D eigenvalue weighted by molar-refractivity contribution is 5.89. The predicted octanol–water partition coefficient (Wildman–Crippen LogP) is 2.96. The normalized spacial score (nSPS) is 9.14. The molecule has 0 N–H and O–H groups in total. The average Bonchev–Trinajstić information content (AvgIpc) is 2.52. The van der Waals surface area contributed by atoms with Crippen LogP contribution in [-0.2, 0) is 16.1 Å². The second-order valence-corrected chi connectivity index (χ2v) is 4.50. The summed E-state index contributed by atoms with van der Waals surface area (Å²) in [6, 6.07) is 16.5. The molecular weight excluding hydrogens is 262 g/mol. The molecule has 0 atom stereocenters. The van der Waals surface area contributed by atoms with Crippen LogP contribution in [0.4, 0.5) is 0 Å². The monoisotopic (exact) mass is 275 g/mol. The smallest absolute Gasteiger partial charge is 0.385 e. The van der Waals surface area contributed by atoms with Gasteiger partial charge in [-0.3, -0.25) is 0 Å². The molecule has 0 aliphatic heterocycles. The van der Waals surface area contributed by atoms with Gasteiger partial charge in [-0.25, -0.2) is 4.79 Å². The molecule has 0 amide bonds. The van der Waals surface area contributed by atoms with E-state index in [-0.39, 0.29) is 6.61 Å². The molecule has 0 saturated heterocycles. The first kappa shape index (κ1) is 14.4. The third kappa shape index (κ3) is 4.53. The van der Waals surface area contributed by atoms with Crippen LogP contribution >= 0.6 is 0 Å². The zero-order valence-electron chi connectivity index (χ0n) is 11.6. The van der Waals surface area contributed by atoms with Crippen LogP contribution in [0.25, 0.3) is 0 Å². The Morgan fingerprint density at radius 3 is 2.62 bits per heavy atom. The summed E-state index contributed by atoms with van der Waals surface area (Å²) in [6.07, 6.45) is 0. The fraction of sp³-hybridized carbons (Fsp3) is 0.111. The molecule has 0 aliphatic carbocycles. The zero-order chi connectivity index (χ0) is 15.1. The van der Waals surface area contributed by atoms with E-state index in [9.17, 15) is 4.79 Å². The molecule has 0 aliphatic rings. The lowest BCUT2D eigenvalue weighted by molar-refractivity contribution is -0.137. The largest absolute Gasteiger partial charge is 0.451 e. The predicted molar refractivity (Wildman–Crippen MR) is 79.0 cm³/mol. The highest BCUT2D eigenvalue weighted by Crippen LogP contribution is 2.05. The van der Waals surface area contributed by atoms with Crippen LogP contribution in [0, 0.1) is 30.1 Å². The van der Waals surface area contributed by atoms with Crippen molar-refractivity contribution in [2.24, 2.45) is 0 Å². The number of ether oxygens (including phenoxy) is 1. The Morgan fingerprint density at radius 1 is 1.14 bits per heavy atom. The van der Waals surface area contributed by atoms with Crippen LogP contribution in [0.15, 0.2) is 48.5 Å². The van der Waals surface area contributed by atoms with Gasteiger partial charge in [-0.2, -0.15) is 5.26 Å². The second-order valence-electron chi connectivity index (χ2n) is 4.50. The molecule has 2 aromatic rings. The summed E-state index contributed by atoms with van der Waals surface area (Å²) >= 11 is 0. The molecule has 0 fully saturated rings. The third-order valence-corrected chi connectivity index (χ3v) is 2.79. The first-order valence-electron chi connectivity index (χ1n) is 6.42. The van der Waals surface area contributed by atoms with Crippen LogP contribution in [-0.4, -0.2) is 5.97 Å². The van der Waals surface area contributed by atoms with Crippen molar-refractivity contribution in [1.82, 2.24) is 0 Å². The van der Waals surface area contributed by atoms with Crippen molar-refractivity contribution in [3.63, 3.8) is 0 Å². The van der Waals surface area contributed by atoms with Gasteiger partial charge in [0.05, 0.1) is 11.6 Å². The first-order valence-corrected chi connectivity index (χ1v) is 6.42. The molecule has 3 heteroatoms. The Hall–Kier alpha value is -3.04. The Bertz CT molecular complexity index is 743. The van der Waals surface area contributed by atoms with E-state index in [1.54, 1.807) is 24.3 Å². The van der Waals surface area contributed by atoms with Crippen molar-refractivity contribution in [3.05, 3.63) is 70.8 Å². The lowest BCUT2D eigenvalue weighted by Gasteiger charge is -2.01. The fourth-order valence-electron chi connectivity index (χ4n) is 1.68. The lowest BCUT2D eigenvalue weighted by atomic mass is 10.1. The van der Waals surface area contributed by atoms with Gasteiger partial charge >= 0.3 is 5.97 Å². The van der Waals surface area contributed by atoms with Gasteiger partial charge in [0.15, 0.2) is 0 Å². The highest BCUT2D eigenvalue weighted by atomic mass is 16.5. The van der Waals surface area contributed by atoms with E-state index in [1.807, 2.05) is 37.3 Å². The maximum Gasteiger partial charge on any atom is 0.385 e. The van der Waals surface area contributed by atoms with Crippen molar-refractivity contribution in [3.8, 4) is 17.9 Å². The van der Waals surface area contributed by atoms with Crippen LogP contribution in [0.5, 0.6) is 0 Å². The van der Waals surface area contributed by atoms with Crippen molar-refractivity contribution < 1.29 is 9.53 Å². The molecule has 0 aromatic heterocycles. The van der Waals surface area contributed by atoms with Gasteiger partial charge in [0, 0.05) is 11.5 Å². The number of carbonyl (C=O) groups is 1. The molecule has 0 radical (unpaired) electrons. The van der Waals surface area contributed by atoms with E-state index in [2.05, 4.69) is 11.8 Å². The third-order valence-electron chi connectivity index (χ3n) is 2.79. The van der Waals surface area contributed by atoms with E-state index >= 15 is 0 Å². The molecule has 0 heterocycles. The van der Waals surface area contributed by atoms with Crippen molar-refractivity contribution in [2.45, 2.75) is 13.5 Å². The number of rotatable bonds is 2. The molecule has 21 heavy (non-hydrogen) atoms. The summed E-state index contributed by atoms with van der Waals surface area (Å²) in [7, 11) is 0. The number of carbonyl (C=O) groups excluding carboxylic acids is 1. The highest BCUT2D eigenvalue weighted by Gasteiger charge is 2.00. The summed E-state index contributed by atoms with van der Waals surface area (Å²) in [5.41, 5.74) is 3.21. The molecule has 2 aromatic carbocycles. The minimum absolute atomic E-state index is 0.108. The number of benzene rings is 2. The van der Waals surface area contributed by atoms with Crippen LogP contribution in [0.1, 0.15) is 22.3 Å². The van der Waals surface area contributed by atoms with Crippen molar-refractivity contribution in [2.75, 3.05) is 0 Å². The minimum atomic E-state index is -0.585. The molecule has 0 unspecified atom stereocenters. The molecule has 3 nitrogen and oxygen atoms in total. The van der Waals surface area contributed by atoms with E-state index in [0.29, 0.717) is 5.56 Å². The first-order chi connectivity index (χ1) is 10.2. The summed E-state index contributed by atoms with van der Waals surface area (Å²) < 4.78 is 5.05. The summed E-state index contributed by atoms with van der Waals surface area (Å²) in [4.78, 5) is 11.6. The van der Waals surface area contributed by atoms with E-state index in [1.165, 1.54) is 0 Å². The van der Waals surface area contributed by atoms with Crippen LogP contribution in [0.2, 0.25) is 0 Å². The zero-order valence-corrected chi connectivity index (χ0v) is 11.6. The molecular formula is C18H13NO2. The quantitative estimate of drug-likeness (QED) is 0.625. The standard InChI is InChI=1S/C18H13NO2/c1-14-5-7-15(8-6-14)9-10-18(20)21-13-17-4-2-3-16(11-17)12-19/h2-8,11H,13H2,1H3. The number of hydrogen-bond donors (Lipinski definition) is 0. The van der Waals surface area contributed by atoms with Gasteiger partial charge < -0.3 is 4.74 Å². The Labute approximate surface area is 123 Å². The molecule has 102 valence electrons. The summed E-state index contributed by atoms with van der Waals surface area (Å²) in [5, 5.41) is 8.79. The van der Waals surface area contributed by atoms with Crippen molar-refractivity contribution in [1.29, 1.82) is 5.26 Å². The Morgan fingerprint density at radius 2 is 1.90 bits per heavy atom. The maximum absolute atomic E-state index is 11.6. The molecule has 0 saturated carbocycles. The van der Waals surface area contributed by atoms with E-state index in [4.69, 9.17) is 10.00 Å². The number of aryl methyl sites for hydroxylation is 1. The Balaban J connectivity index is 1.93. The number of nitrogens with zero attached hydrogens (tertiary/aromatic N) is 1. The number of hydrogen-bond acceptors (Lipinski definition) is 3. The summed E-state index contributed by atoms with van der Waals surface area (Å²) in [6.45, 7) is 2.10. The van der Waals surface area contributed by atoms with Crippen LogP contribution < -0.4 is 0 Å². The van der Waals surface area contributed by atoms with Gasteiger partial charge in [-0.1, -0.05) is 35.7 Å². The molecule has 0 bridgehead atoms. The average molecular weight is 275 g/mol. The van der Waals surface area contributed by atoms with Gasteiger partial charge in [-0.05, 0) is 36.8 Å².